The molecule has 7 rings (SSSR count). The first kappa shape index (κ1) is 29.6. The van der Waals surface area contributed by atoms with Gasteiger partial charge in [0, 0.05) is 33.4 Å². The number of rotatable bonds is 5. The van der Waals surface area contributed by atoms with Crippen LogP contribution < -0.4 is 4.90 Å². The van der Waals surface area contributed by atoms with Gasteiger partial charge in [0.1, 0.15) is 0 Å². The van der Waals surface area contributed by atoms with Crippen LogP contribution in [-0.2, 0) is 10.8 Å². The Morgan fingerprint density at radius 1 is 0.457 bits per heavy atom. The molecule has 0 spiro atoms. The molecule has 0 N–H and O–H groups in total. The highest BCUT2D eigenvalue weighted by Gasteiger charge is 2.23. The van der Waals surface area contributed by atoms with E-state index in [-0.39, 0.29) is 10.8 Å². The first-order valence-corrected chi connectivity index (χ1v) is 16.3. The molecule has 1 aromatic heterocycles. The summed E-state index contributed by atoms with van der Waals surface area (Å²) in [7, 11) is 0. The van der Waals surface area contributed by atoms with Gasteiger partial charge >= 0.3 is 0 Å². The van der Waals surface area contributed by atoms with Gasteiger partial charge in [-0.1, -0.05) is 120 Å². The molecule has 6 aromatic carbocycles. The third kappa shape index (κ3) is 5.39. The highest BCUT2D eigenvalue weighted by atomic mass is 15.1. The Morgan fingerprint density at radius 2 is 0.913 bits per heavy atom. The van der Waals surface area contributed by atoms with Gasteiger partial charge in [0.25, 0.3) is 0 Å². The highest BCUT2D eigenvalue weighted by molar-refractivity contribution is 6.10. The summed E-state index contributed by atoms with van der Waals surface area (Å²) >= 11 is 0. The fourth-order valence-electron chi connectivity index (χ4n) is 6.52. The summed E-state index contributed by atoms with van der Waals surface area (Å²) in [6.07, 6.45) is 0. The topological polar surface area (TPSA) is 8.17 Å². The lowest BCUT2D eigenvalue weighted by Gasteiger charge is -2.28. The van der Waals surface area contributed by atoms with Crippen molar-refractivity contribution in [1.29, 1.82) is 0 Å². The van der Waals surface area contributed by atoms with Crippen LogP contribution in [-0.4, -0.2) is 4.57 Å². The number of benzene rings is 6. The van der Waals surface area contributed by atoms with Gasteiger partial charge < -0.3 is 9.47 Å². The van der Waals surface area contributed by atoms with Crippen LogP contribution >= 0.6 is 0 Å². The van der Waals surface area contributed by atoms with E-state index in [4.69, 9.17) is 0 Å². The quantitative estimate of drug-likeness (QED) is 0.191. The van der Waals surface area contributed by atoms with Gasteiger partial charge in [0.05, 0.1) is 16.7 Å². The number of fused-ring (bicyclic) bond motifs is 3. The maximum absolute atomic E-state index is 2.45. The van der Waals surface area contributed by atoms with Crippen molar-refractivity contribution in [3.05, 3.63) is 157 Å². The van der Waals surface area contributed by atoms with Crippen molar-refractivity contribution in [2.75, 3.05) is 4.90 Å². The zero-order chi connectivity index (χ0) is 32.1. The molecule has 0 saturated heterocycles. The lowest BCUT2D eigenvalue weighted by molar-refractivity contribution is 0.590. The molecule has 2 heteroatoms. The SMILES string of the molecule is CC(C)(C)c1ccc2c(c1)c1cc(C(C)(C)C)ccc1n2-c1ccc(N(c2ccccc2)c2ccccc2)c(-c2ccccc2)c1. The molecule has 0 saturated carbocycles. The second kappa shape index (κ2) is 11.4. The van der Waals surface area contributed by atoms with Crippen molar-refractivity contribution in [3.63, 3.8) is 0 Å². The van der Waals surface area contributed by atoms with Gasteiger partial charge in [-0.15, -0.1) is 0 Å². The smallest absolute Gasteiger partial charge is 0.0541 e. The zero-order valence-corrected chi connectivity index (χ0v) is 27.8. The summed E-state index contributed by atoms with van der Waals surface area (Å²) in [5.74, 6) is 0. The van der Waals surface area contributed by atoms with E-state index in [1.165, 1.54) is 44.1 Å². The Morgan fingerprint density at radius 3 is 1.37 bits per heavy atom. The van der Waals surface area contributed by atoms with Crippen LogP contribution in [0.5, 0.6) is 0 Å². The van der Waals surface area contributed by atoms with Crippen molar-refractivity contribution in [2.24, 2.45) is 0 Å². The van der Waals surface area contributed by atoms with Crippen LogP contribution in [0.15, 0.2) is 146 Å². The molecule has 46 heavy (non-hydrogen) atoms. The second-order valence-corrected chi connectivity index (χ2v) is 14.4. The molecule has 7 aromatic rings. The van der Waals surface area contributed by atoms with Crippen LogP contribution in [0.3, 0.4) is 0 Å². The summed E-state index contributed by atoms with van der Waals surface area (Å²) in [5.41, 5.74) is 12.2. The molecular weight excluding hydrogens is 556 g/mol. The van der Waals surface area contributed by atoms with Crippen LogP contribution in [0.4, 0.5) is 17.1 Å². The van der Waals surface area contributed by atoms with E-state index >= 15 is 0 Å². The predicted molar refractivity (Wildman–Crippen MR) is 198 cm³/mol. The molecule has 228 valence electrons. The Hall–Kier alpha value is -5.08. The minimum Gasteiger partial charge on any atom is -0.310 e. The second-order valence-electron chi connectivity index (χ2n) is 14.4. The number of anilines is 3. The predicted octanol–water partition coefficient (Wildman–Crippen LogP) is 12.5. The zero-order valence-electron chi connectivity index (χ0n) is 27.8. The molecule has 0 radical (unpaired) electrons. The Kier molecular flexibility index (Phi) is 7.32. The standard InChI is InChI=1S/C44H42N2/c1-43(2,3)32-22-25-41-38(28-32)39-29-33(44(4,5)6)23-26-42(39)46(41)36-24-27-40(37(30-36)31-16-10-7-11-17-31)45(34-18-12-8-13-19-34)35-20-14-9-15-21-35/h7-30H,1-6H3. The normalized spacial score (nSPS) is 12.1. The summed E-state index contributed by atoms with van der Waals surface area (Å²) < 4.78 is 2.45. The highest BCUT2D eigenvalue weighted by Crippen LogP contribution is 2.43. The summed E-state index contributed by atoms with van der Waals surface area (Å²) in [6.45, 7) is 13.8. The molecule has 1 heterocycles. The number of hydrogen-bond donors (Lipinski definition) is 0. The maximum atomic E-state index is 2.45. The van der Waals surface area contributed by atoms with Gasteiger partial charge in [-0.2, -0.15) is 0 Å². The van der Waals surface area contributed by atoms with Gasteiger partial charge in [-0.25, -0.2) is 0 Å². The monoisotopic (exact) mass is 598 g/mol. The molecule has 0 amide bonds. The average Bonchev–Trinajstić information content (AvgIpc) is 3.39. The van der Waals surface area contributed by atoms with E-state index < -0.39 is 0 Å². The maximum Gasteiger partial charge on any atom is 0.0541 e. The Bertz CT molecular complexity index is 2030. The summed E-state index contributed by atoms with van der Waals surface area (Å²) in [6, 6.07) is 53.1. The minimum atomic E-state index is 0.0602. The van der Waals surface area contributed by atoms with Gasteiger partial charge in [-0.3, -0.25) is 0 Å². The number of nitrogens with zero attached hydrogens (tertiary/aromatic N) is 2. The molecule has 0 bridgehead atoms. The third-order valence-electron chi connectivity index (χ3n) is 9.09. The van der Waals surface area contributed by atoms with Crippen LogP contribution in [0, 0.1) is 0 Å². The largest absolute Gasteiger partial charge is 0.310 e. The van der Waals surface area contributed by atoms with Gasteiger partial charge in [0.15, 0.2) is 0 Å². The van der Waals surface area contributed by atoms with E-state index in [9.17, 15) is 0 Å². The molecular formula is C44H42N2. The van der Waals surface area contributed by atoms with Crippen molar-refractivity contribution in [1.82, 2.24) is 4.57 Å². The fourth-order valence-corrected chi connectivity index (χ4v) is 6.52. The molecule has 0 aliphatic carbocycles. The Labute approximate surface area is 273 Å². The van der Waals surface area contributed by atoms with Crippen LogP contribution in [0.2, 0.25) is 0 Å². The van der Waals surface area contributed by atoms with Crippen LogP contribution in [0.1, 0.15) is 52.7 Å². The van der Waals surface area contributed by atoms with E-state index in [0.29, 0.717) is 0 Å². The number of para-hydroxylation sites is 2. The lowest BCUT2D eigenvalue weighted by Crippen LogP contribution is -2.11. The average molecular weight is 599 g/mol. The summed E-state index contributed by atoms with van der Waals surface area (Å²) in [4.78, 5) is 2.36. The van der Waals surface area contributed by atoms with Crippen LogP contribution in [0.25, 0.3) is 38.6 Å². The number of aromatic nitrogens is 1. The van der Waals surface area contributed by atoms with Crippen molar-refractivity contribution >= 4 is 38.9 Å². The fraction of sp³-hybridized carbons (Fsp3) is 0.182. The van der Waals surface area contributed by atoms with Crippen molar-refractivity contribution in [3.8, 4) is 16.8 Å². The molecule has 0 unspecified atom stereocenters. The summed E-state index contributed by atoms with van der Waals surface area (Å²) in [5, 5.41) is 2.60. The molecule has 0 aliphatic heterocycles. The van der Waals surface area contributed by atoms with E-state index in [0.717, 1.165) is 22.7 Å². The molecule has 0 aliphatic rings. The molecule has 0 fully saturated rings. The minimum absolute atomic E-state index is 0.0602. The van der Waals surface area contributed by atoms with E-state index in [1.54, 1.807) is 0 Å². The van der Waals surface area contributed by atoms with Crippen molar-refractivity contribution in [2.45, 2.75) is 52.4 Å². The van der Waals surface area contributed by atoms with E-state index in [2.05, 4.69) is 197 Å². The third-order valence-corrected chi connectivity index (χ3v) is 9.09. The Balaban J connectivity index is 1.52. The van der Waals surface area contributed by atoms with Gasteiger partial charge in [0.2, 0.25) is 0 Å². The van der Waals surface area contributed by atoms with Crippen molar-refractivity contribution < 1.29 is 0 Å². The number of hydrogen-bond acceptors (Lipinski definition) is 1. The van der Waals surface area contributed by atoms with E-state index in [1.807, 2.05) is 0 Å². The lowest BCUT2D eigenvalue weighted by atomic mass is 9.85. The van der Waals surface area contributed by atoms with Gasteiger partial charge in [-0.05, 0) is 94.3 Å². The molecule has 2 nitrogen and oxygen atoms in total. The molecule has 0 atom stereocenters. The first-order chi connectivity index (χ1) is 22.1. The first-order valence-electron chi connectivity index (χ1n) is 16.3.